The van der Waals surface area contributed by atoms with Gasteiger partial charge in [-0.15, -0.1) is 0 Å². The van der Waals surface area contributed by atoms with E-state index >= 15 is 0 Å². The molecule has 2 unspecified atom stereocenters. The van der Waals surface area contributed by atoms with Gasteiger partial charge in [-0.2, -0.15) is 0 Å². The summed E-state index contributed by atoms with van der Waals surface area (Å²) >= 11 is 0. The number of rotatable bonds is 2. The van der Waals surface area contributed by atoms with Crippen LogP contribution >= 0.6 is 0 Å². The van der Waals surface area contributed by atoms with Gasteiger partial charge in [-0.25, -0.2) is 8.42 Å². The van der Waals surface area contributed by atoms with Crippen molar-refractivity contribution in [3.63, 3.8) is 0 Å². The maximum Gasteiger partial charge on any atom is 0.151 e. The molecule has 0 spiro atoms. The van der Waals surface area contributed by atoms with Crippen molar-refractivity contribution in [2.75, 3.05) is 18.6 Å². The molecule has 5 heteroatoms. The Labute approximate surface area is 73.1 Å². The number of sulfone groups is 1. The van der Waals surface area contributed by atoms with Gasteiger partial charge in [0, 0.05) is 6.04 Å². The molecule has 0 aromatic carbocycles. The van der Waals surface area contributed by atoms with E-state index in [0.717, 1.165) is 0 Å². The van der Waals surface area contributed by atoms with E-state index in [9.17, 15) is 13.5 Å². The fourth-order valence-electron chi connectivity index (χ4n) is 1.40. The van der Waals surface area contributed by atoms with E-state index in [1.165, 1.54) is 0 Å². The van der Waals surface area contributed by atoms with Crippen LogP contribution in [0.15, 0.2) is 0 Å². The Hall–Kier alpha value is -0.130. The Morgan fingerprint density at radius 3 is 2.50 bits per heavy atom. The topological polar surface area (TPSA) is 57.6 Å². The minimum absolute atomic E-state index is 0.00463. The Bertz CT molecular complexity index is 247. The van der Waals surface area contributed by atoms with Crippen molar-refractivity contribution in [2.24, 2.45) is 0 Å². The number of nitrogens with zero attached hydrogens (tertiary/aromatic N) is 1. The van der Waals surface area contributed by atoms with Crippen LogP contribution in [-0.4, -0.2) is 49.2 Å². The van der Waals surface area contributed by atoms with E-state index in [1.807, 2.05) is 0 Å². The fourth-order valence-corrected chi connectivity index (χ4v) is 3.19. The second kappa shape index (κ2) is 3.32. The molecule has 0 aliphatic carbocycles. The van der Waals surface area contributed by atoms with Crippen molar-refractivity contribution < 1.29 is 13.5 Å². The van der Waals surface area contributed by atoms with E-state index in [2.05, 4.69) is 0 Å². The van der Waals surface area contributed by atoms with Crippen LogP contribution in [0.3, 0.4) is 0 Å². The van der Waals surface area contributed by atoms with Crippen LogP contribution in [0.2, 0.25) is 0 Å². The Morgan fingerprint density at radius 2 is 2.17 bits per heavy atom. The lowest BCUT2D eigenvalue weighted by Gasteiger charge is -2.25. The summed E-state index contributed by atoms with van der Waals surface area (Å²) in [6, 6.07) is -0.00463. The third kappa shape index (κ3) is 2.18. The van der Waals surface area contributed by atoms with Gasteiger partial charge in [-0.3, -0.25) is 4.90 Å². The molecule has 4 nitrogen and oxygen atoms in total. The van der Waals surface area contributed by atoms with Crippen LogP contribution in [0.25, 0.3) is 0 Å². The smallest absolute Gasteiger partial charge is 0.151 e. The second-order valence-corrected chi connectivity index (χ2v) is 5.58. The average Bonchev–Trinajstić information content (AvgIpc) is 2.28. The normalized spacial score (nSPS) is 30.8. The van der Waals surface area contributed by atoms with Gasteiger partial charge in [-0.1, -0.05) is 0 Å². The highest BCUT2D eigenvalue weighted by Crippen LogP contribution is 2.17. The molecule has 0 bridgehead atoms. The maximum atomic E-state index is 11.1. The molecular weight excluding hydrogens is 178 g/mol. The summed E-state index contributed by atoms with van der Waals surface area (Å²) < 4.78 is 22.1. The second-order valence-electron chi connectivity index (χ2n) is 3.35. The molecule has 1 rings (SSSR count). The van der Waals surface area contributed by atoms with Gasteiger partial charge in [0.1, 0.15) is 6.23 Å². The third-order valence-electron chi connectivity index (χ3n) is 2.37. The summed E-state index contributed by atoms with van der Waals surface area (Å²) in [5.41, 5.74) is 0. The van der Waals surface area contributed by atoms with Crippen LogP contribution in [-0.2, 0) is 9.84 Å². The lowest BCUT2D eigenvalue weighted by molar-refractivity contribution is 0.0153. The molecule has 1 aliphatic heterocycles. The number of aliphatic hydroxyl groups excluding tert-OH is 1. The monoisotopic (exact) mass is 193 g/mol. The zero-order chi connectivity index (χ0) is 9.35. The molecule has 72 valence electrons. The van der Waals surface area contributed by atoms with Gasteiger partial charge >= 0.3 is 0 Å². The Kier molecular flexibility index (Phi) is 2.75. The van der Waals surface area contributed by atoms with E-state index in [4.69, 9.17) is 0 Å². The van der Waals surface area contributed by atoms with Crippen molar-refractivity contribution in [3.05, 3.63) is 0 Å². The standard InChI is InChI=1S/C7H15NO3S/c1-6(9)8(2)7-3-4-12(10,11)5-7/h6-7,9H,3-5H2,1-2H3. The highest BCUT2D eigenvalue weighted by molar-refractivity contribution is 7.91. The van der Waals surface area contributed by atoms with Crippen molar-refractivity contribution in [1.82, 2.24) is 4.90 Å². The van der Waals surface area contributed by atoms with Gasteiger partial charge in [-0.05, 0) is 20.4 Å². The van der Waals surface area contributed by atoms with Crippen molar-refractivity contribution >= 4 is 9.84 Å². The third-order valence-corrected chi connectivity index (χ3v) is 4.12. The Balaban J connectivity index is 2.58. The highest BCUT2D eigenvalue weighted by atomic mass is 32.2. The van der Waals surface area contributed by atoms with Crippen LogP contribution in [0.5, 0.6) is 0 Å². The summed E-state index contributed by atoms with van der Waals surface area (Å²) in [5.74, 6) is 0.448. The predicted molar refractivity (Wildman–Crippen MR) is 46.5 cm³/mol. The van der Waals surface area contributed by atoms with Gasteiger partial charge in [0.25, 0.3) is 0 Å². The summed E-state index contributed by atoms with van der Waals surface area (Å²) in [4.78, 5) is 1.70. The first-order valence-electron chi connectivity index (χ1n) is 4.03. The van der Waals surface area contributed by atoms with E-state index in [0.29, 0.717) is 6.42 Å². The minimum atomic E-state index is -2.83. The molecular formula is C7H15NO3S. The molecule has 2 atom stereocenters. The fraction of sp³-hybridized carbons (Fsp3) is 1.00. The molecule has 0 amide bonds. The van der Waals surface area contributed by atoms with Crippen LogP contribution < -0.4 is 0 Å². The summed E-state index contributed by atoms with van der Waals surface area (Å²) in [6.45, 7) is 1.64. The van der Waals surface area contributed by atoms with Gasteiger partial charge in [0.15, 0.2) is 9.84 Å². The Morgan fingerprint density at radius 1 is 1.58 bits per heavy atom. The first-order valence-corrected chi connectivity index (χ1v) is 5.85. The summed E-state index contributed by atoms with van der Waals surface area (Å²) in [5, 5.41) is 9.18. The first kappa shape index (κ1) is 9.95. The molecule has 0 saturated carbocycles. The quantitative estimate of drug-likeness (QED) is 0.597. The van der Waals surface area contributed by atoms with Gasteiger partial charge in [0.2, 0.25) is 0 Å². The lowest BCUT2D eigenvalue weighted by Crippen LogP contribution is -2.39. The van der Waals surface area contributed by atoms with Crippen LogP contribution in [0, 0.1) is 0 Å². The molecule has 0 radical (unpaired) electrons. The average molecular weight is 193 g/mol. The van der Waals surface area contributed by atoms with E-state index in [1.54, 1.807) is 18.9 Å². The lowest BCUT2D eigenvalue weighted by atomic mass is 10.2. The SMILES string of the molecule is CC(O)N(C)C1CCS(=O)(=O)C1. The number of aliphatic hydroxyl groups is 1. The van der Waals surface area contributed by atoms with Gasteiger partial charge in [0.05, 0.1) is 11.5 Å². The maximum absolute atomic E-state index is 11.1. The molecule has 0 aromatic rings. The largest absolute Gasteiger partial charge is 0.379 e. The minimum Gasteiger partial charge on any atom is -0.379 e. The van der Waals surface area contributed by atoms with Gasteiger partial charge < -0.3 is 5.11 Å². The molecule has 1 fully saturated rings. The van der Waals surface area contributed by atoms with Crippen molar-refractivity contribution in [3.8, 4) is 0 Å². The zero-order valence-corrected chi connectivity index (χ0v) is 8.21. The molecule has 1 N–H and O–H groups in total. The molecule has 1 saturated heterocycles. The van der Waals surface area contributed by atoms with Crippen LogP contribution in [0.4, 0.5) is 0 Å². The first-order chi connectivity index (χ1) is 5.42. The molecule has 1 aliphatic rings. The molecule has 1 heterocycles. The number of hydrogen-bond acceptors (Lipinski definition) is 4. The van der Waals surface area contributed by atoms with Crippen LogP contribution in [0.1, 0.15) is 13.3 Å². The zero-order valence-electron chi connectivity index (χ0n) is 7.40. The summed E-state index contributed by atoms with van der Waals surface area (Å²) in [6.07, 6.45) is 0.0762. The molecule has 12 heavy (non-hydrogen) atoms. The highest BCUT2D eigenvalue weighted by Gasteiger charge is 2.31. The predicted octanol–water partition coefficient (Wildman–Crippen LogP) is -0.556. The molecule has 0 aromatic heterocycles. The van der Waals surface area contributed by atoms with E-state index in [-0.39, 0.29) is 17.5 Å². The number of hydrogen-bond donors (Lipinski definition) is 1. The van der Waals surface area contributed by atoms with Crippen molar-refractivity contribution in [1.29, 1.82) is 0 Å². The van der Waals surface area contributed by atoms with E-state index < -0.39 is 16.1 Å². The van der Waals surface area contributed by atoms with Crippen molar-refractivity contribution in [2.45, 2.75) is 25.6 Å². The summed E-state index contributed by atoms with van der Waals surface area (Å²) in [7, 11) is -1.08.